The van der Waals surface area contributed by atoms with Gasteiger partial charge < -0.3 is 24.6 Å². The first kappa shape index (κ1) is 21.7. The third-order valence-electron chi connectivity index (χ3n) is 6.82. The van der Waals surface area contributed by atoms with Gasteiger partial charge in [0.15, 0.2) is 0 Å². The third kappa shape index (κ3) is 4.14. The van der Waals surface area contributed by atoms with Crippen molar-refractivity contribution in [1.82, 2.24) is 5.32 Å². The Balaban J connectivity index is 1.56. The number of aliphatic hydroxyl groups is 1. The van der Waals surface area contributed by atoms with Crippen LogP contribution in [0.3, 0.4) is 0 Å². The smallest absolute Gasteiger partial charge is 0.230 e. The summed E-state index contributed by atoms with van der Waals surface area (Å²) in [6.45, 7) is 1.25. The molecule has 1 atom stereocenters. The van der Waals surface area contributed by atoms with E-state index in [0.717, 1.165) is 41.0 Å². The second-order valence-corrected chi connectivity index (χ2v) is 8.51. The van der Waals surface area contributed by atoms with E-state index in [4.69, 9.17) is 14.2 Å². The Labute approximate surface area is 183 Å². The molecule has 4 rings (SSSR count). The highest BCUT2D eigenvalue weighted by Crippen LogP contribution is 2.39. The van der Waals surface area contributed by atoms with Crippen LogP contribution < -0.4 is 14.8 Å². The van der Waals surface area contributed by atoms with Crippen LogP contribution in [0.4, 0.5) is 0 Å². The Morgan fingerprint density at radius 1 is 1.03 bits per heavy atom. The van der Waals surface area contributed by atoms with Gasteiger partial charge in [0.05, 0.1) is 26.2 Å². The molecule has 0 aromatic heterocycles. The Morgan fingerprint density at radius 3 is 2.39 bits per heavy atom. The zero-order valence-electron chi connectivity index (χ0n) is 18.3. The highest BCUT2D eigenvalue weighted by atomic mass is 16.5. The largest absolute Gasteiger partial charge is 0.497 e. The second kappa shape index (κ2) is 8.89. The minimum absolute atomic E-state index is 0.0602. The number of benzene rings is 2. The van der Waals surface area contributed by atoms with Crippen LogP contribution in [0.5, 0.6) is 11.5 Å². The number of carbonyl (C=O) groups excluding carboxylic acids is 1. The average Bonchev–Trinajstić information content (AvgIpc) is 2.83. The number of methoxy groups -OCH3 is 2. The number of carbonyl (C=O) groups is 1. The Bertz CT molecular complexity index is 920. The number of aryl methyl sites for hydroxylation is 1. The van der Waals surface area contributed by atoms with Crippen LogP contribution in [0, 0.1) is 0 Å². The minimum atomic E-state index is -1.08. The van der Waals surface area contributed by atoms with Gasteiger partial charge in [-0.15, -0.1) is 0 Å². The fraction of sp³-hybridized carbons (Fsp3) is 0.480. The molecule has 1 fully saturated rings. The average molecular weight is 426 g/mol. The molecule has 1 saturated heterocycles. The van der Waals surface area contributed by atoms with Gasteiger partial charge in [0, 0.05) is 13.2 Å². The number of hydrogen-bond donors (Lipinski definition) is 2. The van der Waals surface area contributed by atoms with Crippen LogP contribution >= 0.6 is 0 Å². The van der Waals surface area contributed by atoms with Crippen molar-refractivity contribution in [3.63, 3.8) is 0 Å². The molecule has 0 saturated carbocycles. The molecule has 31 heavy (non-hydrogen) atoms. The highest BCUT2D eigenvalue weighted by Gasteiger charge is 2.43. The standard InChI is InChI=1S/C25H31NO5/c1-29-20-7-5-19(6-8-20)24(12-14-31-15-13-24)23(27)26-17-25(28)11-3-4-18-16-21(30-2)9-10-22(18)25/h5-10,16,28H,3-4,11-15,17H2,1-2H3,(H,26,27). The fourth-order valence-corrected chi connectivity index (χ4v) is 4.92. The summed E-state index contributed by atoms with van der Waals surface area (Å²) in [6.07, 6.45) is 3.60. The van der Waals surface area contributed by atoms with Gasteiger partial charge in [-0.1, -0.05) is 18.2 Å². The molecule has 1 amide bonds. The van der Waals surface area contributed by atoms with Crippen molar-refractivity contribution in [2.75, 3.05) is 34.0 Å². The van der Waals surface area contributed by atoms with Gasteiger partial charge in [-0.2, -0.15) is 0 Å². The van der Waals surface area contributed by atoms with Gasteiger partial charge >= 0.3 is 0 Å². The van der Waals surface area contributed by atoms with E-state index in [9.17, 15) is 9.90 Å². The van der Waals surface area contributed by atoms with Crippen molar-refractivity contribution < 1.29 is 24.1 Å². The molecular formula is C25H31NO5. The van der Waals surface area contributed by atoms with Gasteiger partial charge in [0.25, 0.3) is 0 Å². The summed E-state index contributed by atoms with van der Waals surface area (Å²) >= 11 is 0. The van der Waals surface area contributed by atoms with E-state index in [2.05, 4.69) is 5.32 Å². The number of ether oxygens (including phenoxy) is 3. The van der Waals surface area contributed by atoms with Crippen molar-refractivity contribution in [3.8, 4) is 11.5 Å². The molecule has 0 bridgehead atoms. The predicted molar refractivity (Wildman–Crippen MR) is 118 cm³/mol. The lowest BCUT2D eigenvalue weighted by Gasteiger charge is -2.39. The highest BCUT2D eigenvalue weighted by molar-refractivity contribution is 5.88. The van der Waals surface area contributed by atoms with Gasteiger partial charge in [-0.05, 0) is 73.1 Å². The molecule has 6 nitrogen and oxygen atoms in total. The van der Waals surface area contributed by atoms with Gasteiger partial charge in [-0.3, -0.25) is 4.79 Å². The van der Waals surface area contributed by atoms with E-state index < -0.39 is 11.0 Å². The summed E-state index contributed by atoms with van der Waals surface area (Å²) in [7, 11) is 3.27. The van der Waals surface area contributed by atoms with E-state index in [1.165, 1.54) is 0 Å². The van der Waals surface area contributed by atoms with E-state index in [0.29, 0.717) is 32.5 Å². The maximum Gasteiger partial charge on any atom is 0.230 e. The van der Waals surface area contributed by atoms with Crippen molar-refractivity contribution >= 4 is 5.91 Å². The molecular weight excluding hydrogens is 394 g/mol. The topological polar surface area (TPSA) is 77.0 Å². The SMILES string of the molecule is COc1ccc(C2(C(=O)NCC3(O)CCCc4cc(OC)ccc43)CCOCC2)cc1. The number of nitrogens with one attached hydrogen (secondary N) is 1. The number of hydrogen-bond acceptors (Lipinski definition) is 5. The van der Waals surface area contributed by atoms with E-state index in [1.807, 2.05) is 42.5 Å². The first-order chi connectivity index (χ1) is 15.0. The summed E-state index contributed by atoms with van der Waals surface area (Å²) < 4.78 is 16.2. The molecule has 0 radical (unpaired) electrons. The van der Waals surface area contributed by atoms with Crippen LogP contribution in [0.15, 0.2) is 42.5 Å². The quantitative estimate of drug-likeness (QED) is 0.744. The number of amides is 1. The van der Waals surface area contributed by atoms with E-state index >= 15 is 0 Å². The van der Waals surface area contributed by atoms with E-state index in [1.54, 1.807) is 14.2 Å². The Kier molecular flexibility index (Phi) is 6.21. The first-order valence-corrected chi connectivity index (χ1v) is 10.9. The van der Waals surface area contributed by atoms with Gasteiger partial charge in [-0.25, -0.2) is 0 Å². The van der Waals surface area contributed by atoms with Crippen LogP contribution in [0.25, 0.3) is 0 Å². The van der Waals surface area contributed by atoms with Crippen LogP contribution in [0.2, 0.25) is 0 Å². The lowest BCUT2D eigenvalue weighted by Crippen LogP contribution is -2.52. The monoisotopic (exact) mass is 425 g/mol. The second-order valence-electron chi connectivity index (χ2n) is 8.51. The summed E-state index contributed by atoms with van der Waals surface area (Å²) in [6, 6.07) is 13.5. The molecule has 0 spiro atoms. The van der Waals surface area contributed by atoms with Gasteiger partial charge in [0.2, 0.25) is 5.91 Å². The van der Waals surface area contributed by atoms with Gasteiger partial charge in [0.1, 0.15) is 17.1 Å². The first-order valence-electron chi connectivity index (χ1n) is 10.9. The minimum Gasteiger partial charge on any atom is -0.497 e. The Morgan fingerprint density at radius 2 is 1.71 bits per heavy atom. The maximum atomic E-state index is 13.5. The molecule has 2 N–H and O–H groups in total. The molecule has 1 unspecified atom stereocenters. The Hall–Kier alpha value is -2.57. The molecule has 2 aromatic carbocycles. The zero-order chi connectivity index (χ0) is 21.9. The van der Waals surface area contributed by atoms with Crippen molar-refractivity contribution in [2.45, 2.75) is 43.1 Å². The van der Waals surface area contributed by atoms with Crippen molar-refractivity contribution in [2.24, 2.45) is 0 Å². The molecule has 1 heterocycles. The fourth-order valence-electron chi connectivity index (χ4n) is 4.92. The summed E-state index contributed by atoms with van der Waals surface area (Å²) in [4.78, 5) is 13.5. The zero-order valence-corrected chi connectivity index (χ0v) is 18.3. The van der Waals surface area contributed by atoms with Crippen molar-refractivity contribution in [1.29, 1.82) is 0 Å². The predicted octanol–water partition coefficient (Wildman–Crippen LogP) is 3.09. The summed E-state index contributed by atoms with van der Waals surface area (Å²) in [5.74, 6) is 1.48. The van der Waals surface area contributed by atoms with Crippen molar-refractivity contribution in [3.05, 3.63) is 59.2 Å². The molecule has 2 aromatic rings. The number of fused-ring (bicyclic) bond motifs is 1. The molecule has 166 valence electrons. The lowest BCUT2D eigenvalue weighted by molar-refractivity contribution is -0.132. The normalized spacial score (nSPS) is 22.3. The molecule has 1 aliphatic carbocycles. The maximum absolute atomic E-state index is 13.5. The van der Waals surface area contributed by atoms with E-state index in [-0.39, 0.29) is 12.5 Å². The van der Waals surface area contributed by atoms with Crippen LogP contribution in [-0.4, -0.2) is 45.0 Å². The molecule has 1 aliphatic heterocycles. The van der Waals surface area contributed by atoms with Crippen LogP contribution in [0.1, 0.15) is 42.4 Å². The summed E-state index contributed by atoms with van der Waals surface area (Å²) in [5, 5.41) is 14.6. The number of rotatable bonds is 6. The third-order valence-corrected chi connectivity index (χ3v) is 6.82. The van der Waals surface area contributed by atoms with Crippen LogP contribution in [-0.2, 0) is 27.0 Å². The lowest BCUT2D eigenvalue weighted by atomic mass is 9.73. The summed E-state index contributed by atoms with van der Waals surface area (Å²) in [5.41, 5.74) is 1.17. The molecule has 2 aliphatic rings. The molecule has 6 heteroatoms.